The zero-order chi connectivity index (χ0) is 18.8. The van der Waals surface area contributed by atoms with E-state index >= 15 is 0 Å². The van der Waals surface area contributed by atoms with Gasteiger partial charge in [-0.2, -0.15) is 0 Å². The number of nitrogens with zero attached hydrogens (tertiary/aromatic N) is 1. The Bertz CT molecular complexity index is 557. The molecule has 1 aliphatic rings. The summed E-state index contributed by atoms with van der Waals surface area (Å²) in [6, 6.07) is 5.35. The van der Waals surface area contributed by atoms with Crippen molar-refractivity contribution in [2.24, 2.45) is 5.92 Å². The van der Waals surface area contributed by atoms with Crippen LogP contribution in [0, 0.1) is 5.92 Å². The maximum absolute atomic E-state index is 12.3. The van der Waals surface area contributed by atoms with Crippen molar-refractivity contribution in [2.75, 3.05) is 53.0 Å². The molecule has 0 aromatic heterocycles. The molecule has 0 bridgehead atoms. The summed E-state index contributed by atoms with van der Waals surface area (Å²) in [6.45, 7) is 11.0. The minimum Gasteiger partial charge on any atom is -0.493 e. The van der Waals surface area contributed by atoms with Crippen LogP contribution in [-0.4, -0.2) is 63.8 Å². The van der Waals surface area contributed by atoms with E-state index in [1.165, 1.54) is 0 Å². The van der Waals surface area contributed by atoms with E-state index in [1.807, 2.05) is 6.07 Å². The predicted octanol–water partition coefficient (Wildman–Crippen LogP) is 2.15. The molecule has 146 valence electrons. The number of methoxy groups -OCH3 is 1. The fraction of sp³-hybridized carbons (Fsp3) is 0.650. The first-order valence-electron chi connectivity index (χ1n) is 9.62. The van der Waals surface area contributed by atoms with E-state index in [9.17, 15) is 4.79 Å². The fourth-order valence-electron chi connectivity index (χ4n) is 2.87. The summed E-state index contributed by atoms with van der Waals surface area (Å²) in [5.74, 6) is 1.80. The number of amides is 1. The molecule has 1 amide bonds. The number of piperazine rings is 1. The van der Waals surface area contributed by atoms with Crippen LogP contribution in [0.2, 0.25) is 0 Å². The summed E-state index contributed by atoms with van der Waals surface area (Å²) in [4.78, 5) is 14.8. The van der Waals surface area contributed by atoms with Gasteiger partial charge in [-0.15, -0.1) is 0 Å². The van der Waals surface area contributed by atoms with Gasteiger partial charge in [-0.25, -0.2) is 0 Å². The molecule has 2 rings (SSSR count). The zero-order valence-corrected chi connectivity index (χ0v) is 16.3. The second-order valence-corrected chi connectivity index (χ2v) is 7.10. The molecule has 0 atom stereocenters. The van der Waals surface area contributed by atoms with Gasteiger partial charge < -0.3 is 25.0 Å². The second-order valence-electron chi connectivity index (χ2n) is 7.10. The van der Waals surface area contributed by atoms with Crippen molar-refractivity contribution in [3.05, 3.63) is 23.8 Å². The number of rotatable bonds is 10. The maximum Gasteiger partial charge on any atom is 0.251 e. The summed E-state index contributed by atoms with van der Waals surface area (Å²) in [7, 11) is 1.60. The van der Waals surface area contributed by atoms with E-state index in [-0.39, 0.29) is 5.91 Å². The molecule has 1 aliphatic heterocycles. The minimum absolute atomic E-state index is 0.0719. The molecule has 1 saturated heterocycles. The molecule has 0 saturated carbocycles. The van der Waals surface area contributed by atoms with E-state index in [1.54, 1.807) is 19.2 Å². The van der Waals surface area contributed by atoms with Gasteiger partial charge in [-0.1, -0.05) is 13.8 Å². The van der Waals surface area contributed by atoms with Crippen LogP contribution in [0.25, 0.3) is 0 Å². The highest BCUT2D eigenvalue weighted by Crippen LogP contribution is 2.28. The van der Waals surface area contributed by atoms with Gasteiger partial charge in [0.25, 0.3) is 5.91 Å². The van der Waals surface area contributed by atoms with E-state index in [0.29, 0.717) is 36.1 Å². The Morgan fingerprint density at radius 2 is 2.04 bits per heavy atom. The molecule has 0 spiro atoms. The van der Waals surface area contributed by atoms with E-state index < -0.39 is 0 Å². The van der Waals surface area contributed by atoms with Gasteiger partial charge in [0.15, 0.2) is 11.5 Å². The van der Waals surface area contributed by atoms with E-state index in [2.05, 4.69) is 29.4 Å². The molecule has 0 unspecified atom stereocenters. The summed E-state index contributed by atoms with van der Waals surface area (Å²) in [5.41, 5.74) is 0.597. The fourth-order valence-corrected chi connectivity index (χ4v) is 2.87. The monoisotopic (exact) mass is 363 g/mol. The molecular weight excluding hydrogens is 330 g/mol. The highest BCUT2D eigenvalue weighted by atomic mass is 16.5. The molecule has 0 radical (unpaired) electrons. The topological polar surface area (TPSA) is 62.8 Å². The Balaban J connectivity index is 1.78. The first-order chi connectivity index (χ1) is 12.6. The molecule has 1 fully saturated rings. The molecule has 1 aromatic carbocycles. The van der Waals surface area contributed by atoms with Crippen molar-refractivity contribution in [1.82, 2.24) is 15.5 Å². The highest BCUT2D eigenvalue weighted by Gasteiger charge is 2.12. The van der Waals surface area contributed by atoms with Gasteiger partial charge in [0.05, 0.1) is 13.7 Å². The number of carbonyl (C=O) groups excluding carboxylic acids is 1. The smallest absolute Gasteiger partial charge is 0.251 e. The summed E-state index contributed by atoms with van der Waals surface area (Å²) in [6.07, 6.45) is 1.94. The third-order valence-electron chi connectivity index (χ3n) is 4.52. The second kappa shape index (κ2) is 11.0. The number of hydrogen-bond acceptors (Lipinski definition) is 5. The van der Waals surface area contributed by atoms with Crippen LogP contribution in [0.15, 0.2) is 18.2 Å². The quantitative estimate of drug-likeness (QED) is 0.624. The Labute approximate surface area is 157 Å². The normalized spacial score (nSPS) is 15.1. The zero-order valence-electron chi connectivity index (χ0n) is 16.3. The number of ether oxygens (including phenoxy) is 2. The molecular formula is C20H33N3O3. The Morgan fingerprint density at radius 1 is 1.27 bits per heavy atom. The number of carbonyl (C=O) groups is 1. The van der Waals surface area contributed by atoms with Gasteiger partial charge in [0, 0.05) is 38.3 Å². The molecule has 1 heterocycles. The lowest BCUT2D eigenvalue weighted by Crippen LogP contribution is -2.44. The number of benzene rings is 1. The Hall–Kier alpha value is -1.79. The van der Waals surface area contributed by atoms with Gasteiger partial charge in [0.1, 0.15) is 0 Å². The van der Waals surface area contributed by atoms with Crippen molar-refractivity contribution in [3.8, 4) is 11.5 Å². The van der Waals surface area contributed by atoms with Crippen molar-refractivity contribution >= 4 is 5.91 Å². The Kier molecular flexibility index (Phi) is 8.71. The summed E-state index contributed by atoms with van der Waals surface area (Å²) >= 11 is 0. The maximum atomic E-state index is 12.3. The van der Waals surface area contributed by atoms with Gasteiger partial charge in [-0.05, 0) is 43.5 Å². The average Bonchev–Trinajstić information content (AvgIpc) is 2.65. The van der Waals surface area contributed by atoms with Crippen LogP contribution in [-0.2, 0) is 0 Å². The average molecular weight is 364 g/mol. The number of hydrogen-bond donors (Lipinski definition) is 2. The molecule has 1 aromatic rings. The van der Waals surface area contributed by atoms with Crippen LogP contribution in [0.3, 0.4) is 0 Å². The van der Waals surface area contributed by atoms with E-state index in [0.717, 1.165) is 45.6 Å². The van der Waals surface area contributed by atoms with Crippen LogP contribution in [0.5, 0.6) is 11.5 Å². The van der Waals surface area contributed by atoms with Crippen LogP contribution in [0.4, 0.5) is 0 Å². The molecule has 26 heavy (non-hydrogen) atoms. The predicted molar refractivity (Wildman–Crippen MR) is 104 cm³/mol. The first-order valence-corrected chi connectivity index (χ1v) is 9.62. The highest BCUT2D eigenvalue weighted by molar-refractivity contribution is 5.94. The van der Waals surface area contributed by atoms with Crippen LogP contribution < -0.4 is 20.1 Å². The SMILES string of the molecule is COc1cc(C(=O)NCCCN2CCNCC2)ccc1OCCC(C)C. The lowest BCUT2D eigenvalue weighted by molar-refractivity contribution is 0.0951. The minimum atomic E-state index is -0.0719. The largest absolute Gasteiger partial charge is 0.493 e. The lowest BCUT2D eigenvalue weighted by atomic mass is 10.1. The van der Waals surface area contributed by atoms with Crippen molar-refractivity contribution in [3.63, 3.8) is 0 Å². The molecule has 6 nitrogen and oxygen atoms in total. The first kappa shape index (κ1) is 20.5. The van der Waals surface area contributed by atoms with Crippen molar-refractivity contribution in [2.45, 2.75) is 26.7 Å². The standard InChI is InChI=1S/C20H33N3O3/c1-16(2)7-14-26-18-6-5-17(15-19(18)25-3)20(24)22-8-4-11-23-12-9-21-10-13-23/h5-6,15-16,21H,4,7-14H2,1-3H3,(H,22,24). The van der Waals surface area contributed by atoms with Crippen molar-refractivity contribution in [1.29, 1.82) is 0 Å². The Morgan fingerprint density at radius 3 is 2.73 bits per heavy atom. The van der Waals surface area contributed by atoms with Gasteiger partial charge in [0.2, 0.25) is 0 Å². The molecule has 6 heteroatoms. The van der Waals surface area contributed by atoms with Crippen molar-refractivity contribution < 1.29 is 14.3 Å². The molecule has 0 aliphatic carbocycles. The summed E-state index contributed by atoms with van der Waals surface area (Å²) in [5, 5.41) is 6.33. The lowest BCUT2D eigenvalue weighted by Gasteiger charge is -2.27. The summed E-state index contributed by atoms with van der Waals surface area (Å²) < 4.78 is 11.2. The van der Waals surface area contributed by atoms with Crippen LogP contribution in [0.1, 0.15) is 37.0 Å². The van der Waals surface area contributed by atoms with E-state index in [4.69, 9.17) is 9.47 Å². The third kappa shape index (κ3) is 6.84. The van der Waals surface area contributed by atoms with Gasteiger partial charge in [-0.3, -0.25) is 4.79 Å². The third-order valence-corrected chi connectivity index (χ3v) is 4.52. The van der Waals surface area contributed by atoms with Gasteiger partial charge >= 0.3 is 0 Å². The molecule has 2 N–H and O–H groups in total. The number of nitrogens with one attached hydrogen (secondary N) is 2. The van der Waals surface area contributed by atoms with Crippen LogP contribution >= 0.6 is 0 Å².